The molecule has 6 aromatic rings. The summed E-state index contributed by atoms with van der Waals surface area (Å²) in [6, 6.07) is 24.3. The standard InChI is InChI=1S/C42H36F4N2O6/c1-23-18-24(2)37(25(3)19-23)40(51)34-21-33-32-20-28(14-15-35(32)48(16-17-52-26(4)49)39(33)30-11-7-6-10-29(30)34)38(47-54-27(5)50)31-12-8-9-13-36(31)53-22-42(45,46)41(43)44/h6-15,18-21,41H,16-17,22H2,1-5H3/b47-38+. The first-order valence-corrected chi connectivity index (χ1v) is 17.1. The molecule has 0 saturated carbocycles. The minimum Gasteiger partial charge on any atom is -0.486 e. The molecule has 0 atom stereocenters. The number of fused-ring (bicyclic) bond motifs is 5. The Bertz CT molecular complexity index is 2460. The average molecular weight is 741 g/mol. The second-order valence-corrected chi connectivity index (χ2v) is 13.1. The first-order valence-electron chi connectivity index (χ1n) is 17.1. The molecular weight excluding hydrogens is 704 g/mol. The van der Waals surface area contributed by atoms with E-state index in [2.05, 4.69) is 5.16 Å². The molecule has 8 nitrogen and oxygen atoms in total. The Balaban J connectivity index is 1.62. The van der Waals surface area contributed by atoms with Gasteiger partial charge in [0, 0.05) is 57.8 Å². The molecule has 0 aliphatic rings. The Morgan fingerprint density at radius 3 is 2.11 bits per heavy atom. The van der Waals surface area contributed by atoms with Crippen LogP contribution in [0.4, 0.5) is 17.6 Å². The van der Waals surface area contributed by atoms with Crippen molar-refractivity contribution >= 4 is 56.0 Å². The molecule has 12 heteroatoms. The van der Waals surface area contributed by atoms with Gasteiger partial charge in [-0.05, 0) is 67.6 Å². The first-order chi connectivity index (χ1) is 25.7. The largest absolute Gasteiger partial charge is 0.486 e. The van der Waals surface area contributed by atoms with Gasteiger partial charge in [0.15, 0.2) is 12.4 Å². The lowest BCUT2D eigenvalue weighted by Crippen LogP contribution is -2.34. The van der Waals surface area contributed by atoms with Crippen LogP contribution in [0, 0.1) is 20.8 Å². The topological polar surface area (TPSA) is 96.2 Å². The molecule has 0 unspecified atom stereocenters. The van der Waals surface area contributed by atoms with Gasteiger partial charge in [0.1, 0.15) is 18.1 Å². The molecule has 0 saturated heterocycles. The predicted molar refractivity (Wildman–Crippen MR) is 198 cm³/mol. The van der Waals surface area contributed by atoms with Crippen LogP contribution in [0.5, 0.6) is 5.75 Å². The number of nitrogens with zero attached hydrogens (tertiary/aromatic N) is 2. The molecule has 0 bridgehead atoms. The Morgan fingerprint density at radius 1 is 0.778 bits per heavy atom. The van der Waals surface area contributed by atoms with Crippen LogP contribution in [-0.4, -0.2) is 53.6 Å². The maximum Gasteiger partial charge on any atom is 0.340 e. The van der Waals surface area contributed by atoms with Gasteiger partial charge in [0.2, 0.25) is 0 Å². The third kappa shape index (κ3) is 7.41. The second kappa shape index (κ2) is 15.1. The molecule has 0 radical (unpaired) electrons. The van der Waals surface area contributed by atoms with Crippen molar-refractivity contribution in [2.45, 2.75) is 53.5 Å². The van der Waals surface area contributed by atoms with Crippen molar-refractivity contribution in [2.24, 2.45) is 5.16 Å². The summed E-state index contributed by atoms with van der Waals surface area (Å²) in [5, 5.41) is 6.86. The maximum atomic E-state index is 14.5. The summed E-state index contributed by atoms with van der Waals surface area (Å²) in [7, 11) is 0. The fourth-order valence-electron chi connectivity index (χ4n) is 6.88. The van der Waals surface area contributed by atoms with Gasteiger partial charge in [0.05, 0.1) is 12.1 Å². The lowest BCUT2D eigenvalue weighted by molar-refractivity contribution is -0.148. The SMILES string of the molecule is CC(=O)OCCn1c2ccc(/C(=N\OC(C)=O)c3ccccc3OCC(F)(F)C(F)F)cc2c2cc(C(=O)c3c(C)cc(C)cc3C)c3ccccc3c21. The number of alkyl halides is 4. The molecule has 1 heterocycles. The van der Waals surface area contributed by atoms with Crippen molar-refractivity contribution in [1.29, 1.82) is 0 Å². The lowest BCUT2D eigenvalue weighted by Gasteiger charge is -2.18. The number of oxime groups is 1. The number of rotatable bonds is 12. The summed E-state index contributed by atoms with van der Waals surface area (Å²) >= 11 is 0. The van der Waals surface area contributed by atoms with Crippen LogP contribution in [0.25, 0.3) is 32.6 Å². The molecule has 6 rings (SSSR count). The molecule has 278 valence electrons. The van der Waals surface area contributed by atoms with Gasteiger partial charge in [-0.15, -0.1) is 0 Å². The zero-order valence-electron chi connectivity index (χ0n) is 30.1. The minimum atomic E-state index is -4.43. The quantitative estimate of drug-likeness (QED) is 0.0310. The number of carbonyl (C=O) groups excluding carboxylic acids is 3. The van der Waals surface area contributed by atoms with E-state index >= 15 is 0 Å². The number of hydrogen-bond donors (Lipinski definition) is 0. The highest BCUT2D eigenvalue weighted by atomic mass is 19.3. The number of halogens is 4. The number of carbonyl (C=O) groups is 3. The minimum absolute atomic E-state index is 0.00753. The highest BCUT2D eigenvalue weighted by molar-refractivity contribution is 6.27. The van der Waals surface area contributed by atoms with Crippen LogP contribution in [0.15, 0.2) is 90.1 Å². The summed E-state index contributed by atoms with van der Waals surface area (Å²) < 4.78 is 66.5. The normalized spacial score (nSPS) is 12.1. The number of benzene rings is 5. The van der Waals surface area contributed by atoms with Gasteiger partial charge in [-0.25, -0.2) is 13.6 Å². The number of aromatic nitrogens is 1. The highest BCUT2D eigenvalue weighted by Crippen LogP contribution is 2.39. The van der Waals surface area contributed by atoms with Crippen molar-refractivity contribution in [3.63, 3.8) is 0 Å². The van der Waals surface area contributed by atoms with Crippen molar-refractivity contribution in [3.8, 4) is 5.75 Å². The summed E-state index contributed by atoms with van der Waals surface area (Å²) in [5.74, 6) is -6.01. The Morgan fingerprint density at radius 2 is 1.44 bits per heavy atom. The zero-order chi connectivity index (χ0) is 38.9. The van der Waals surface area contributed by atoms with Gasteiger partial charge in [-0.1, -0.05) is 65.3 Å². The number of ketones is 1. The van der Waals surface area contributed by atoms with E-state index in [9.17, 15) is 31.9 Å². The van der Waals surface area contributed by atoms with Crippen molar-refractivity contribution in [2.75, 3.05) is 13.2 Å². The van der Waals surface area contributed by atoms with E-state index in [1.54, 1.807) is 24.3 Å². The van der Waals surface area contributed by atoms with Gasteiger partial charge < -0.3 is 18.9 Å². The van der Waals surface area contributed by atoms with Crippen molar-refractivity contribution < 1.29 is 46.3 Å². The zero-order valence-corrected chi connectivity index (χ0v) is 30.1. The van der Waals surface area contributed by atoms with E-state index in [0.717, 1.165) is 39.9 Å². The molecule has 0 spiro atoms. The number of ether oxygens (including phenoxy) is 2. The fourth-order valence-corrected chi connectivity index (χ4v) is 6.88. The van der Waals surface area contributed by atoms with Crippen LogP contribution in [0.1, 0.15) is 57.6 Å². The Labute approximate surface area is 307 Å². The highest BCUT2D eigenvalue weighted by Gasteiger charge is 2.42. The molecule has 5 aromatic carbocycles. The van der Waals surface area contributed by atoms with E-state index in [4.69, 9.17) is 14.3 Å². The van der Waals surface area contributed by atoms with Gasteiger partial charge in [-0.2, -0.15) is 8.78 Å². The van der Waals surface area contributed by atoms with Crippen LogP contribution in [0.2, 0.25) is 0 Å². The number of hydrogen-bond acceptors (Lipinski definition) is 7. The summed E-state index contributed by atoms with van der Waals surface area (Å²) in [5.41, 5.74) is 5.66. The Kier molecular flexibility index (Phi) is 10.6. The summed E-state index contributed by atoms with van der Waals surface area (Å²) in [6.07, 6.45) is -3.95. The van der Waals surface area contributed by atoms with Crippen LogP contribution in [0.3, 0.4) is 0 Å². The van der Waals surface area contributed by atoms with Crippen molar-refractivity contribution in [1.82, 2.24) is 4.57 Å². The van der Waals surface area contributed by atoms with Gasteiger partial charge in [0.25, 0.3) is 0 Å². The molecule has 1 aromatic heterocycles. The van der Waals surface area contributed by atoms with E-state index in [1.165, 1.54) is 25.1 Å². The van der Waals surface area contributed by atoms with E-state index in [1.807, 2.05) is 67.8 Å². The molecule has 0 aliphatic heterocycles. The van der Waals surface area contributed by atoms with Crippen LogP contribution in [-0.2, 0) is 25.7 Å². The average Bonchev–Trinajstić information content (AvgIpc) is 3.43. The number of para-hydroxylation sites is 1. The molecule has 0 amide bonds. The summed E-state index contributed by atoms with van der Waals surface area (Å²) in [6.45, 7) is 6.94. The molecule has 0 N–H and O–H groups in total. The molecular formula is C42H36F4N2O6. The van der Waals surface area contributed by atoms with E-state index in [-0.39, 0.29) is 36.0 Å². The van der Waals surface area contributed by atoms with Crippen molar-refractivity contribution in [3.05, 3.63) is 124 Å². The number of esters is 1. The smallest absolute Gasteiger partial charge is 0.340 e. The fraction of sp³-hybridized carbons (Fsp3) is 0.238. The summed E-state index contributed by atoms with van der Waals surface area (Å²) in [4.78, 5) is 43.3. The second-order valence-electron chi connectivity index (χ2n) is 13.1. The third-order valence-electron chi connectivity index (χ3n) is 9.05. The number of aryl methyl sites for hydroxylation is 3. The monoisotopic (exact) mass is 740 g/mol. The third-order valence-corrected chi connectivity index (χ3v) is 9.05. The molecule has 0 fully saturated rings. The predicted octanol–water partition coefficient (Wildman–Crippen LogP) is 9.26. The van der Waals surface area contributed by atoms with E-state index in [0.29, 0.717) is 33.0 Å². The van der Waals surface area contributed by atoms with Gasteiger partial charge >= 0.3 is 24.3 Å². The lowest BCUT2D eigenvalue weighted by atomic mass is 9.89. The van der Waals surface area contributed by atoms with E-state index < -0.39 is 30.9 Å². The molecule has 54 heavy (non-hydrogen) atoms. The van der Waals surface area contributed by atoms with Crippen LogP contribution < -0.4 is 4.74 Å². The first kappa shape index (κ1) is 37.7. The molecule has 0 aliphatic carbocycles. The van der Waals surface area contributed by atoms with Gasteiger partial charge in [-0.3, -0.25) is 9.59 Å². The van der Waals surface area contributed by atoms with Crippen LogP contribution >= 0.6 is 0 Å². The Hall–Kier alpha value is -6.04. The maximum absolute atomic E-state index is 14.5.